The zero-order chi connectivity index (χ0) is 16.4. The maximum Gasteiger partial charge on any atom is 0.225 e. The topological polar surface area (TPSA) is 40.5 Å². The summed E-state index contributed by atoms with van der Waals surface area (Å²) in [5.41, 5.74) is 3.25. The Labute approximate surface area is 141 Å². The number of hydrogen-bond donors (Lipinski definition) is 1. The normalized spacial score (nSPS) is 17.6. The van der Waals surface area contributed by atoms with Gasteiger partial charge in [0, 0.05) is 12.1 Å². The average Bonchev–Trinajstić information content (AvgIpc) is 2.98. The second-order valence-corrected chi connectivity index (χ2v) is 6.47. The molecule has 0 aromatic heterocycles. The molecule has 0 fully saturated rings. The Morgan fingerprint density at radius 2 is 1.96 bits per heavy atom. The summed E-state index contributed by atoms with van der Waals surface area (Å²) >= 11 is 5.85. The Kier molecular flexibility index (Phi) is 4.69. The van der Waals surface area contributed by atoms with E-state index in [4.69, 9.17) is 11.6 Å². The van der Waals surface area contributed by atoms with Gasteiger partial charge in [-0.1, -0.05) is 48.0 Å². The molecule has 0 saturated heterocycles. The fourth-order valence-corrected chi connectivity index (χ4v) is 3.35. The fraction of sp³-hybridized carbons (Fsp3) is 0.316. The number of halogens is 1. The van der Waals surface area contributed by atoms with E-state index in [1.165, 1.54) is 11.1 Å². The second kappa shape index (κ2) is 6.73. The predicted octanol–water partition coefficient (Wildman–Crippen LogP) is 3.91. The van der Waals surface area contributed by atoms with Crippen molar-refractivity contribution in [3.63, 3.8) is 0 Å². The molecule has 2 aromatic rings. The Hall–Kier alpha value is -1.84. The lowest BCUT2D eigenvalue weighted by Gasteiger charge is -2.26. The van der Waals surface area contributed by atoms with Crippen molar-refractivity contribution in [2.75, 3.05) is 7.05 Å². The number of hydrogen-bond acceptors (Lipinski definition) is 2. The molecule has 1 aliphatic rings. The molecule has 3 rings (SSSR count). The number of amides is 1. The van der Waals surface area contributed by atoms with Crippen LogP contribution in [0.5, 0.6) is 0 Å². The lowest BCUT2D eigenvalue weighted by molar-refractivity contribution is -0.134. The number of rotatable bonds is 4. The fourth-order valence-electron chi connectivity index (χ4n) is 3.22. The summed E-state index contributed by atoms with van der Waals surface area (Å²) in [6.07, 6.45) is 1.21. The molecule has 2 aromatic carbocycles. The van der Waals surface area contributed by atoms with Crippen molar-refractivity contribution in [3.8, 4) is 0 Å². The molecule has 0 bridgehead atoms. The standard InChI is InChI=1S/C19H20ClNO2/c1-21(17-11-8-13-4-2-3-5-16(13)17)19(23)12-18(22)14-6-9-15(20)10-7-14/h2-7,9-10,17-18,22H,8,11-12H2,1H3/t17-,18+/m1/s1. The van der Waals surface area contributed by atoms with Gasteiger partial charge in [0.15, 0.2) is 0 Å². The van der Waals surface area contributed by atoms with E-state index in [0.717, 1.165) is 12.8 Å². The van der Waals surface area contributed by atoms with Crippen LogP contribution in [0.2, 0.25) is 5.02 Å². The van der Waals surface area contributed by atoms with E-state index in [0.29, 0.717) is 10.6 Å². The Balaban J connectivity index is 1.67. The van der Waals surface area contributed by atoms with E-state index >= 15 is 0 Å². The number of benzene rings is 2. The average molecular weight is 330 g/mol. The van der Waals surface area contributed by atoms with Crippen LogP contribution in [0.1, 0.15) is 41.7 Å². The molecule has 120 valence electrons. The van der Waals surface area contributed by atoms with Crippen molar-refractivity contribution in [1.29, 1.82) is 0 Å². The number of aryl methyl sites for hydroxylation is 1. The summed E-state index contributed by atoms with van der Waals surface area (Å²) in [5.74, 6) is -0.0471. The summed E-state index contributed by atoms with van der Waals surface area (Å²) in [6, 6.07) is 15.3. The molecule has 0 radical (unpaired) electrons. The van der Waals surface area contributed by atoms with Crippen LogP contribution in [0.15, 0.2) is 48.5 Å². The molecule has 4 heteroatoms. The third-order valence-corrected chi connectivity index (χ3v) is 4.84. The van der Waals surface area contributed by atoms with Gasteiger partial charge in [-0.3, -0.25) is 4.79 Å². The van der Waals surface area contributed by atoms with Crippen LogP contribution < -0.4 is 0 Å². The molecule has 1 aliphatic carbocycles. The van der Waals surface area contributed by atoms with Crippen LogP contribution >= 0.6 is 11.6 Å². The molecular weight excluding hydrogens is 310 g/mol. The summed E-state index contributed by atoms with van der Waals surface area (Å²) in [5, 5.41) is 10.9. The first kappa shape index (κ1) is 16.0. The van der Waals surface area contributed by atoms with Gasteiger partial charge in [0.05, 0.1) is 18.6 Å². The molecule has 3 nitrogen and oxygen atoms in total. The predicted molar refractivity (Wildman–Crippen MR) is 91.3 cm³/mol. The third-order valence-electron chi connectivity index (χ3n) is 4.58. The molecular formula is C19H20ClNO2. The number of nitrogens with zero attached hydrogens (tertiary/aromatic N) is 1. The summed E-state index contributed by atoms with van der Waals surface area (Å²) in [6.45, 7) is 0. The number of fused-ring (bicyclic) bond motifs is 1. The van der Waals surface area contributed by atoms with Crippen LogP contribution in [-0.2, 0) is 11.2 Å². The van der Waals surface area contributed by atoms with Crippen molar-refractivity contribution in [2.24, 2.45) is 0 Å². The van der Waals surface area contributed by atoms with Crippen LogP contribution in [0.4, 0.5) is 0 Å². The Bertz CT molecular complexity index is 699. The van der Waals surface area contributed by atoms with Crippen molar-refractivity contribution in [2.45, 2.75) is 31.4 Å². The molecule has 0 saturated carbocycles. The van der Waals surface area contributed by atoms with E-state index in [1.54, 1.807) is 29.2 Å². The first-order valence-corrected chi connectivity index (χ1v) is 8.21. The van der Waals surface area contributed by atoms with Crippen molar-refractivity contribution in [1.82, 2.24) is 4.90 Å². The third kappa shape index (κ3) is 3.41. The van der Waals surface area contributed by atoms with E-state index in [9.17, 15) is 9.90 Å². The van der Waals surface area contributed by atoms with Crippen LogP contribution in [0.25, 0.3) is 0 Å². The highest BCUT2D eigenvalue weighted by Gasteiger charge is 2.29. The van der Waals surface area contributed by atoms with Gasteiger partial charge >= 0.3 is 0 Å². The molecule has 0 heterocycles. The highest BCUT2D eigenvalue weighted by Crippen LogP contribution is 2.35. The quantitative estimate of drug-likeness (QED) is 0.924. The molecule has 1 amide bonds. The summed E-state index contributed by atoms with van der Waals surface area (Å²) in [7, 11) is 1.82. The zero-order valence-electron chi connectivity index (χ0n) is 13.1. The van der Waals surface area contributed by atoms with E-state index in [2.05, 4.69) is 12.1 Å². The maximum absolute atomic E-state index is 12.5. The number of aliphatic hydroxyl groups excluding tert-OH is 1. The lowest BCUT2D eigenvalue weighted by atomic mass is 10.0. The van der Waals surface area contributed by atoms with Crippen LogP contribution in [0, 0.1) is 0 Å². The lowest BCUT2D eigenvalue weighted by Crippen LogP contribution is -2.31. The van der Waals surface area contributed by atoms with E-state index in [1.807, 2.05) is 19.2 Å². The van der Waals surface area contributed by atoms with Gasteiger partial charge < -0.3 is 10.0 Å². The minimum atomic E-state index is -0.807. The molecule has 2 atom stereocenters. The smallest absolute Gasteiger partial charge is 0.225 e. The highest BCUT2D eigenvalue weighted by molar-refractivity contribution is 6.30. The van der Waals surface area contributed by atoms with Gasteiger partial charge in [-0.2, -0.15) is 0 Å². The summed E-state index contributed by atoms with van der Waals surface area (Å²) < 4.78 is 0. The minimum absolute atomic E-state index is 0.0471. The van der Waals surface area contributed by atoms with Crippen molar-refractivity contribution >= 4 is 17.5 Å². The minimum Gasteiger partial charge on any atom is -0.388 e. The zero-order valence-corrected chi connectivity index (χ0v) is 13.8. The van der Waals surface area contributed by atoms with E-state index < -0.39 is 6.10 Å². The van der Waals surface area contributed by atoms with Crippen LogP contribution in [0.3, 0.4) is 0 Å². The Morgan fingerprint density at radius 1 is 1.26 bits per heavy atom. The highest BCUT2D eigenvalue weighted by atomic mass is 35.5. The first-order valence-electron chi connectivity index (χ1n) is 7.83. The van der Waals surface area contributed by atoms with Gasteiger partial charge in [0.2, 0.25) is 5.91 Å². The number of carbonyl (C=O) groups excluding carboxylic acids is 1. The maximum atomic E-state index is 12.5. The molecule has 1 N–H and O–H groups in total. The van der Waals surface area contributed by atoms with Gasteiger partial charge in [-0.15, -0.1) is 0 Å². The van der Waals surface area contributed by atoms with Gasteiger partial charge in [-0.25, -0.2) is 0 Å². The van der Waals surface area contributed by atoms with Gasteiger partial charge in [0.25, 0.3) is 0 Å². The van der Waals surface area contributed by atoms with Crippen molar-refractivity contribution < 1.29 is 9.90 Å². The van der Waals surface area contributed by atoms with Gasteiger partial charge in [-0.05, 0) is 41.7 Å². The Morgan fingerprint density at radius 3 is 2.70 bits per heavy atom. The van der Waals surface area contributed by atoms with Crippen LogP contribution in [-0.4, -0.2) is 23.0 Å². The van der Waals surface area contributed by atoms with E-state index in [-0.39, 0.29) is 18.4 Å². The van der Waals surface area contributed by atoms with Gasteiger partial charge in [0.1, 0.15) is 0 Å². The monoisotopic (exact) mass is 329 g/mol. The molecule has 23 heavy (non-hydrogen) atoms. The SMILES string of the molecule is CN(C(=O)C[C@H](O)c1ccc(Cl)cc1)[C@@H]1CCc2ccccc21. The molecule has 0 spiro atoms. The number of aliphatic hydroxyl groups is 1. The summed E-state index contributed by atoms with van der Waals surface area (Å²) in [4.78, 5) is 14.3. The molecule has 0 aliphatic heterocycles. The first-order chi connectivity index (χ1) is 11.1. The second-order valence-electron chi connectivity index (χ2n) is 6.03. The van der Waals surface area contributed by atoms with Crippen molar-refractivity contribution in [3.05, 3.63) is 70.2 Å². The number of carbonyl (C=O) groups is 1. The molecule has 0 unspecified atom stereocenters. The largest absolute Gasteiger partial charge is 0.388 e.